The number of methoxy groups -OCH3 is 4. The fourth-order valence-electron chi connectivity index (χ4n) is 3.49. The smallest absolute Gasteiger partial charge is 0.199 e. The summed E-state index contributed by atoms with van der Waals surface area (Å²) in [7, 11) is 6.56. The molecule has 0 aliphatic heterocycles. The van der Waals surface area contributed by atoms with Gasteiger partial charge in [0.05, 0.1) is 32.8 Å². The van der Waals surface area contributed by atoms with Crippen LogP contribution in [0.1, 0.15) is 44.2 Å². The van der Waals surface area contributed by atoms with Gasteiger partial charge in [-0.05, 0) is 55.2 Å². The van der Waals surface area contributed by atoms with E-state index in [9.17, 15) is 4.79 Å². The predicted octanol–water partition coefficient (Wildman–Crippen LogP) is 5.12. The number of rotatable bonds is 6. The second kappa shape index (κ2) is 14.1. The molecule has 1 aliphatic carbocycles. The van der Waals surface area contributed by atoms with Gasteiger partial charge in [-0.25, -0.2) is 0 Å². The van der Waals surface area contributed by atoms with E-state index >= 15 is 0 Å². The molecule has 0 unspecified atom stereocenters. The van der Waals surface area contributed by atoms with Crippen LogP contribution in [0.25, 0.3) is 0 Å². The third-order valence-electron chi connectivity index (χ3n) is 4.90. The molecule has 1 aliphatic rings. The van der Waals surface area contributed by atoms with E-state index in [4.69, 9.17) is 18.9 Å². The van der Waals surface area contributed by atoms with Crippen molar-refractivity contribution in [1.29, 1.82) is 0 Å². The van der Waals surface area contributed by atoms with Crippen molar-refractivity contribution in [2.45, 2.75) is 50.8 Å². The number of fused-ring (bicyclic) bond motifs is 1. The molecular formula is C24H36O5S. The predicted molar refractivity (Wildman–Crippen MR) is 124 cm³/mol. The average Bonchev–Trinajstić information content (AvgIpc) is 2.93. The highest BCUT2D eigenvalue weighted by Crippen LogP contribution is 2.28. The summed E-state index contributed by atoms with van der Waals surface area (Å²) in [5.74, 6) is 1.91. The number of allylic oxidation sites excluding steroid dienone is 1. The number of hydrogen-bond acceptors (Lipinski definition) is 6. The van der Waals surface area contributed by atoms with Gasteiger partial charge in [0.2, 0.25) is 0 Å². The van der Waals surface area contributed by atoms with Gasteiger partial charge in [-0.1, -0.05) is 19.9 Å². The van der Waals surface area contributed by atoms with Gasteiger partial charge < -0.3 is 18.9 Å². The minimum absolute atomic E-state index is 0.0642. The van der Waals surface area contributed by atoms with E-state index in [2.05, 4.69) is 0 Å². The van der Waals surface area contributed by atoms with Gasteiger partial charge in [-0.2, -0.15) is 0 Å². The maximum absolute atomic E-state index is 12.5. The molecule has 0 radical (unpaired) electrons. The lowest BCUT2D eigenvalue weighted by Gasteiger charge is -2.18. The molecule has 30 heavy (non-hydrogen) atoms. The summed E-state index contributed by atoms with van der Waals surface area (Å²) >= 11 is 1.47. The highest BCUT2D eigenvalue weighted by atomic mass is 32.2. The SMILES string of the molecule is CC.COC/C1=C(OC)/C(OC)=C(/OC)Cc2ccc(SC)c(=O)cc2CCCC1. The van der Waals surface area contributed by atoms with Gasteiger partial charge in [0.15, 0.2) is 16.9 Å². The second-order valence-corrected chi connectivity index (χ2v) is 7.42. The first-order valence-electron chi connectivity index (χ1n) is 10.4. The second-order valence-electron chi connectivity index (χ2n) is 6.58. The molecule has 1 aromatic carbocycles. The van der Waals surface area contributed by atoms with Gasteiger partial charge in [0, 0.05) is 19.1 Å². The van der Waals surface area contributed by atoms with Crippen LogP contribution in [0.5, 0.6) is 0 Å². The summed E-state index contributed by atoms with van der Waals surface area (Å²) in [6.07, 6.45) is 6.05. The summed E-state index contributed by atoms with van der Waals surface area (Å²) in [6.45, 7) is 4.47. The number of thioether (sulfide) groups is 1. The maximum Gasteiger partial charge on any atom is 0.199 e. The molecule has 5 nitrogen and oxygen atoms in total. The Balaban J connectivity index is 0.00000218. The van der Waals surface area contributed by atoms with Crippen molar-refractivity contribution in [3.63, 3.8) is 0 Å². The Morgan fingerprint density at radius 3 is 2.13 bits per heavy atom. The lowest BCUT2D eigenvalue weighted by molar-refractivity contribution is 0.170. The van der Waals surface area contributed by atoms with Crippen LogP contribution in [0, 0.1) is 0 Å². The van der Waals surface area contributed by atoms with Crippen LogP contribution in [0.4, 0.5) is 0 Å². The molecule has 2 rings (SSSR count). The summed E-state index contributed by atoms with van der Waals surface area (Å²) in [6, 6.07) is 5.70. The van der Waals surface area contributed by atoms with E-state index in [1.54, 1.807) is 34.5 Å². The molecule has 0 bridgehead atoms. The first kappa shape index (κ1) is 26.1. The Hall–Kier alpha value is -1.92. The zero-order chi connectivity index (χ0) is 22.5. The van der Waals surface area contributed by atoms with E-state index in [1.807, 2.05) is 32.2 Å². The van der Waals surface area contributed by atoms with Crippen LogP contribution in [0.3, 0.4) is 0 Å². The van der Waals surface area contributed by atoms with Crippen LogP contribution in [0.15, 0.2) is 50.7 Å². The maximum atomic E-state index is 12.5. The summed E-state index contributed by atoms with van der Waals surface area (Å²) in [5.41, 5.74) is 3.23. The third-order valence-corrected chi connectivity index (χ3v) is 5.67. The Bertz CT molecular complexity index is 799. The lowest BCUT2D eigenvalue weighted by atomic mass is 10.0. The lowest BCUT2D eigenvalue weighted by Crippen LogP contribution is -2.10. The third kappa shape index (κ3) is 6.81. The Labute approximate surface area is 185 Å². The minimum atomic E-state index is 0.0642. The summed E-state index contributed by atoms with van der Waals surface area (Å²) in [4.78, 5) is 13.3. The molecule has 0 saturated carbocycles. The van der Waals surface area contributed by atoms with Crippen LogP contribution < -0.4 is 5.43 Å². The molecule has 0 atom stereocenters. The molecule has 168 valence electrons. The van der Waals surface area contributed by atoms with Crippen molar-refractivity contribution in [3.8, 4) is 0 Å². The first-order valence-corrected chi connectivity index (χ1v) is 11.6. The average molecular weight is 437 g/mol. The molecule has 0 N–H and O–H groups in total. The van der Waals surface area contributed by atoms with Crippen molar-refractivity contribution < 1.29 is 18.9 Å². The molecule has 0 spiro atoms. The standard InChI is InChI=1S/C22H30O5S.C2H6/c1-24-14-17-9-7-6-8-15-12-18(23)20(28-5)11-10-16(15)13-19(25-2)22(27-4)21(17)26-3;1-2/h10-12H,6-9,13-14H2,1-5H3;1-2H3/b21-17-,22-19-;. The first-order chi connectivity index (χ1) is 14.6. The topological polar surface area (TPSA) is 54.0 Å². The quantitative estimate of drug-likeness (QED) is 0.577. The highest BCUT2D eigenvalue weighted by Gasteiger charge is 2.21. The van der Waals surface area contributed by atoms with Crippen molar-refractivity contribution in [2.24, 2.45) is 0 Å². The van der Waals surface area contributed by atoms with Gasteiger partial charge in [-0.15, -0.1) is 11.8 Å². The molecule has 1 aromatic rings. The van der Waals surface area contributed by atoms with Gasteiger partial charge >= 0.3 is 0 Å². The van der Waals surface area contributed by atoms with E-state index in [0.717, 1.165) is 47.3 Å². The summed E-state index contributed by atoms with van der Waals surface area (Å²) < 4.78 is 22.5. The molecule has 0 fully saturated rings. The van der Waals surface area contributed by atoms with E-state index in [1.165, 1.54) is 11.8 Å². The molecule has 0 saturated heterocycles. The highest BCUT2D eigenvalue weighted by molar-refractivity contribution is 7.98. The normalized spacial score (nSPS) is 19.6. The van der Waals surface area contributed by atoms with E-state index in [0.29, 0.717) is 30.3 Å². The van der Waals surface area contributed by atoms with Crippen molar-refractivity contribution in [3.05, 3.63) is 62.4 Å². The number of ether oxygens (including phenoxy) is 4. The van der Waals surface area contributed by atoms with E-state index in [-0.39, 0.29) is 5.43 Å². The molecular weight excluding hydrogens is 400 g/mol. The van der Waals surface area contributed by atoms with E-state index < -0.39 is 0 Å². The molecule has 0 aromatic heterocycles. The fraction of sp³-hybridized carbons (Fsp3) is 0.542. The molecule has 0 heterocycles. The van der Waals surface area contributed by atoms with Crippen molar-refractivity contribution in [2.75, 3.05) is 41.3 Å². The van der Waals surface area contributed by atoms with Crippen molar-refractivity contribution in [1.82, 2.24) is 0 Å². The Morgan fingerprint density at radius 2 is 1.57 bits per heavy atom. The summed E-state index contributed by atoms with van der Waals surface area (Å²) in [5, 5.41) is 0. The van der Waals surface area contributed by atoms with Crippen LogP contribution in [-0.4, -0.2) is 41.3 Å². The van der Waals surface area contributed by atoms with Crippen LogP contribution >= 0.6 is 11.8 Å². The van der Waals surface area contributed by atoms with Crippen molar-refractivity contribution >= 4 is 11.8 Å². The minimum Gasteiger partial charge on any atom is -0.497 e. The zero-order valence-corrected chi connectivity index (χ0v) is 20.2. The largest absolute Gasteiger partial charge is 0.497 e. The molecule has 6 heteroatoms. The monoisotopic (exact) mass is 436 g/mol. The Kier molecular flexibility index (Phi) is 12.3. The van der Waals surface area contributed by atoms with Gasteiger partial charge in [-0.3, -0.25) is 4.79 Å². The zero-order valence-electron chi connectivity index (χ0n) is 19.4. The number of hydrogen-bond donors (Lipinski definition) is 0. The van der Waals surface area contributed by atoms with Gasteiger partial charge in [0.1, 0.15) is 5.76 Å². The van der Waals surface area contributed by atoms with Crippen LogP contribution in [-0.2, 0) is 31.8 Å². The van der Waals surface area contributed by atoms with Crippen LogP contribution in [0.2, 0.25) is 0 Å². The number of aryl methyl sites for hydroxylation is 1. The fourth-order valence-corrected chi connectivity index (χ4v) is 3.95. The Morgan fingerprint density at radius 1 is 0.900 bits per heavy atom. The van der Waals surface area contributed by atoms with Gasteiger partial charge in [0.25, 0.3) is 0 Å². The molecule has 0 amide bonds.